The minimum atomic E-state index is -4.77. The van der Waals surface area contributed by atoms with Gasteiger partial charge < -0.3 is 19.8 Å². The summed E-state index contributed by atoms with van der Waals surface area (Å²) >= 11 is 0. The van der Waals surface area contributed by atoms with Crippen molar-refractivity contribution in [2.75, 3.05) is 0 Å². The van der Waals surface area contributed by atoms with Gasteiger partial charge in [0, 0.05) is 5.57 Å². The van der Waals surface area contributed by atoms with Crippen molar-refractivity contribution in [3.8, 4) is 0 Å². The van der Waals surface area contributed by atoms with Crippen molar-refractivity contribution in [2.45, 2.75) is 109 Å². The van der Waals surface area contributed by atoms with E-state index in [-0.39, 0.29) is 78.4 Å². The second-order valence-corrected chi connectivity index (χ2v) is 9.14. The van der Waals surface area contributed by atoms with Crippen molar-refractivity contribution in [1.82, 2.24) is 0 Å². The van der Waals surface area contributed by atoms with Gasteiger partial charge in [-0.3, -0.25) is 4.55 Å². The summed E-state index contributed by atoms with van der Waals surface area (Å²) < 4.78 is 32.5. The molecule has 0 heterocycles. The van der Waals surface area contributed by atoms with Crippen molar-refractivity contribution >= 4 is 22.1 Å². The second-order valence-electron chi connectivity index (χ2n) is 7.54. The fourth-order valence-corrected chi connectivity index (χ4v) is 4.54. The zero-order valence-electron chi connectivity index (χ0n) is 19.8. The minimum Gasteiger partial charge on any atom is -0.545 e. The standard InChI is InChI=1S/C21H38O7S.2Na/c1-3-5-6-7-8-9-10-11-12-13-14-16-17(20(22)23)19(21(24)25)18(15-4-2)29(26,27)28;;/h18H,3-16H2,1-2H3,(H,22,23)(H,24,25)(H,26,27,28);;/q;2*+1/p-2/b19-17-;;. The third-order valence-corrected chi connectivity index (χ3v) is 6.24. The molecule has 0 bridgehead atoms. The number of unbranched alkanes of at least 4 members (excludes halogenated alkanes) is 10. The molecule has 1 N–H and O–H groups in total. The maximum absolute atomic E-state index is 11.6. The number of carbonyl (C=O) groups excluding carboxylic acids is 2. The van der Waals surface area contributed by atoms with Gasteiger partial charge in [0.25, 0.3) is 10.1 Å². The monoisotopic (exact) mass is 478 g/mol. The number of carboxylic acid groups (broad SMARTS) is 2. The van der Waals surface area contributed by atoms with E-state index in [1.165, 1.54) is 38.5 Å². The first-order valence-electron chi connectivity index (χ1n) is 10.8. The van der Waals surface area contributed by atoms with Crippen LogP contribution in [0.3, 0.4) is 0 Å². The summed E-state index contributed by atoms with van der Waals surface area (Å²) in [5, 5.41) is 21.1. The molecule has 31 heavy (non-hydrogen) atoms. The Bertz CT molecular complexity index is 634. The summed E-state index contributed by atoms with van der Waals surface area (Å²) in [6, 6.07) is 0. The third-order valence-electron chi connectivity index (χ3n) is 5.05. The van der Waals surface area contributed by atoms with Gasteiger partial charge in [-0.25, -0.2) is 0 Å². The molecule has 0 radical (unpaired) electrons. The second kappa shape index (κ2) is 21.1. The number of rotatable bonds is 18. The quantitative estimate of drug-likeness (QED) is 0.0937. The van der Waals surface area contributed by atoms with Crippen LogP contribution in [-0.2, 0) is 19.7 Å². The van der Waals surface area contributed by atoms with Crippen molar-refractivity contribution in [3.05, 3.63) is 11.1 Å². The summed E-state index contributed by atoms with van der Waals surface area (Å²) in [5.74, 6) is -3.63. The summed E-state index contributed by atoms with van der Waals surface area (Å²) in [6.07, 6.45) is 11.5. The zero-order chi connectivity index (χ0) is 22.3. The van der Waals surface area contributed by atoms with E-state index in [1.54, 1.807) is 6.92 Å². The normalized spacial score (nSPS) is 12.9. The van der Waals surface area contributed by atoms with Gasteiger partial charge in [0.2, 0.25) is 0 Å². The Hall–Kier alpha value is 0.590. The van der Waals surface area contributed by atoms with Crippen LogP contribution in [-0.4, -0.2) is 30.2 Å². The molecule has 0 amide bonds. The summed E-state index contributed by atoms with van der Waals surface area (Å²) in [4.78, 5) is 22.9. The van der Waals surface area contributed by atoms with Crippen molar-refractivity contribution in [2.24, 2.45) is 0 Å². The molecule has 0 aliphatic heterocycles. The number of aliphatic carboxylic acids is 2. The Labute approximate surface area is 232 Å². The van der Waals surface area contributed by atoms with Crippen LogP contribution in [0.4, 0.5) is 0 Å². The van der Waals surface area contributed by atoms with E-state index in [0.717, 1.165) is 19.3 Å². The molecule has 0 aromatic rings. The van der Waals surface area contributed by atoms with Gasteiger partial charge in [-0.1, -0.05) is 84.5 Å². The molecule has 170 valence electrons. The van der Waals surface area contributed by atoms with Crippen LogP contribution < -0.4 is 69.3 Å². The molecule has 0 rings (SSSR count). The predicted molar refractivity (Wildman–Crippen MR) is 108 cm³/mol. The maximum atomic E-state index is 11.6. The van der Waals surface area contributed by atoms with Crippen molar-refractivity contribution < 1.29 is 91.9 Å². The topological polar surface area (TPSA) is 135 Å². The third kappa shape index (κ3) is 16.8. The van der Waals surface area contributed by atoms with Gasteiger partial charge in [0.05, 0.1) is 11.9 Å². The SMILES string of the molecule is CCCCCCCCCCCCC/C(C(=O)[O-])=C(/C(=O)[O-])C(CCC)S(=O)(=O)O.[Na+].[Na+]. The maximum Gasteiger partial charge on any atom is 1.00 e. The van der Waals surface area contributed by atoms with E-state index in [9.17, 15) is 32.8 Å². The average molecular weight is 479 g/mol. The van der Waals surface area contributed by atoms with Crippen LogP contribution >= 0.6 is 0 Å². The van der Waals surface area contributed by atoms with Gasteiger partial charge in [-0.2, -0.15) is 8.42 Å². The number of hydrogen-bond acceptors (Lipinski definition) is 6. The van der Waals surface area contributed by atoms with Gasteiger partial charge >= 0.3 is 59.1 Å². The van der Waals surface area contributed by atoms with Crippen LogP contribution in [0.5, 0.6) is 0 Å². The van der Waals surface area contributed by atoms with Gasteiger partial charge in [0.15, 0.2) is 0 Å². The van der Waals surface area contributed by atoms with E-state index in [4.69, 9.17) is 0 Å². The van der Waals surface area contributed by atoms with Crippen molar-refractivity contribution in [3.63, 3.8) is 0 Å². The van der Waals surface area contributed by atoms with Gasteiger partial charge in [-0.15, -0.1) is 0 Å². The fraction of sp³-hybridized carbons (Fsp3) is 0.810. The molecule has 0 aromatic heterocycles. The number of carbonyl (C=O) groups is 2. The molecule has 0 aromatic carbocycles. The van der Waals surface area contributed by atoms with E-state index in [0.29, 0.717) is 12.8 Å². The predicted octanol–water partition coefficient (Wildman–Crippen LogP) is -3.45. The Morgan fingerprint density at radius 3 is 1.48 bits per heavy atom. The molecular formula is C21H36Na2O7S. The smallest absolute Gasteiger partial charge is 0.545 e. The average Bonchev–Trinajstić information content (AvgIpc) is 2.62. The van der Waals surface area contributed by atoms with Crippen molar-refractivity contribution in [1.29, 1.82) is 0 Å². The molecule has 0 spiro atoms. The summed E-state index contributed by atoms with van der Waals surface area (Å²) in [5.41, 5.74) is -1.49. The Balaban J connectivity index is -0.00000392. The number of hydrogen-bond donors (Lipinski definition) is 1. The molecule has 0 fully saturated rings. The van der Waals surface area contributed by atoms with Gasteiger partial charge in [-0.05, 0) is 24.8 Å². The number of carboxylic acids is 2. The van der Waals surface area contributed by atoms with E-state index in [2.05, 4.69) is 6.92 Å². The first kappa shape index (κ1) is 36.2. The van der Waals surface area contributed by atoms with Crippen LogP contribution in [0.1, 0.15) is 104 Å². The largest absolute Gasteiger partial charge is 1.00 e. The van der Waals surface area contributed by atoms with E-state index in [1.807, 2.05) is 0 Å². The Morgan fingerprint density at radius 2 is 1.16 bits per heavy atom. The summed E-state index contributed by atoms with van der Waals surface area (Å²) in [6.45, 7) is 3.79. The Kier molecular flexibility index (Phi) is 24.7. The molecule has 0 saturated heterocycles. The van der Waals surface area contributed by atoms with Crippen LogP contribution in [0.2, 0.25) is 0 Å². The molecule has 1 atom stereocenters. The molecule has 0 aliphatic carbocycles. The van der Waals surface area contributed by atoms with Gasteiger partial charge in [0.1, 0.15) is 5.25 Å². The van der Waals surface area contributed by atoms with Crippen LogP contribution in [0.25, 0.3) is 0 Å². The first-order valence-corrected chi connectivity index (χ1v) is 12.3. The van der Waals surface area contributed by atoms with Crippen LogP contribution in [0.15, 0.2) is 11.1 Å². The molecule has 10 heteroatoms. The summed E-state index contributed by atoms with van der Waals surface area (Å²) in [7, 11) is -4.77. The minimum absolute atomic E-state index is 0. The molecule has 1 unspecified atom stereocenters. The fourth-order valence-electron chi connectivity index (χ4n) is 3.47. The molecule has 0 saturated carbocycles. The zero-order valence-corrected chi connectivity index (χ0v) is 24.6. The first-order chi connectivity index (χ1) is 13.7. The molecule has 0 aliphatic rings. The van der Waals surface area contributed by atoms with Crippen LogP contribution in [0, 0.1) is 0 Å². The van der Waals surface area contributed by atoms with E-state index >= 15 is 0 Å². The van der Waals surface area contributed by atoms with E-state index < -0.39 is 38.5 Å². The molecular weight excluding hydrogens is 442 g/mol. The Morgan fingerprint density at radius 1 is 0.742 bits per heavy atom. The molecule has 7 nitrogen and oxygen atoms in total.